The molecule has 3 heteroatoms. The molecular weight excluding hydrogens is 262 g/mol. The molecule has 0 fully saturated rings. The molecule has 0 saturated carbocycles. The molecule has 1 unspecified atom stereocenters. The maximum absolute atomic E-state index is 5.47. The first-order valence-corrected chi connectivity index (χ1v) is 7.23. The Bertz CT molecular complexity index is 596. The van der Waals surface area contributed by atoms with Crippen LogP contribution in [0.2, 0.25) is 0 Å². The van der Waals surface area contributed by atoms with Crippen LogP contribution in [0.5, 0.6) is 11.5 Å². The highest BCUT2D eigenvalue weighted by atomic mass is 16.5. The van der Waals surface area contributed by atoms with E-state index in [0.717, 1.165) is 23.6 Å². The van der Waals surface area contributed by atoms with Crippen LogP contribution < -0.4 is 14.8 Å². The van der Waals surface area contributed by atoms with Gasteiger partial charge in [-0.05, 0) is 43.2 Å². The summed E-state index contributed by atoms with van der Waals surface area (Å²) < 4.78 is 10.7. The number of hydrogen-bond acceptors (Lipinski definition) is 3. The number of benzene rings is 2. The number of methoxy groups -OCH3 is 2. The van der Waals surface area contributed by atoms with Crippen LogP contribution in [0.1, 0.15) is 30.5 Å². The first kappa shape index (κ1) is 15.2. The molecule has 0 aliphatic carbocycles. The standard InChI is InChI=1S/C18H23NO2/c1-5-16(15-8-6-7-9-18(15)21-4)19-17-11-10-14(20-3)12-13(17)2/h6-12,16,19H,5H2,1-4H3. The van der Waals surface area contributed by atoms with Gasteiger partial charge in [0.15, 0.2) is 0 Å². The second kappa shape index (κ2) is 7.02. The zero-order chi connectivity index (χ0) is 15.2. The summed E-state index contributed by atoms with van der Waals surface area (Å²) in [6, 6.07) is 14.4. The molecule has 0 aliphatic heterocycles. The van der Waals surface area contributed by atoms with Gasteiger partial charge in [-0.3, -0.25) is 0 Å². The maximum Gasteiger partial charge on any atom is 0.124 e. The van der Waals surface area contributed by atoms with Gasteiger partial charge in [-0.1, -0.05) is 25.1 Å². The summed E-state index contributed by atoms with van der Waals surface area (Å²) in [7, 11) is 3.40. The van der Waals surface area contributed by atoms with Crippen molar-refractivity contribution in [3.63, 3.8) is 0 Å². The summed E-state index contributed by atoms with van der Waals surface area (Å²) >= 11 is 0. The summed E-state index contributed by atoms with van der Waals surface area (Å²) in [5.74, 6) is 1.80. The Kier molecular flexibility index (Phi) is 5.09. The molecule has 3 nitrogen and oxygen atoms in total. The first-order chi connectivity index (χ1) is 10.2. The molecule has 2 aromatic rings. The molecule has 1 N–H and O–H groups in total. The number of anilines is 1. The number of ether oxygens (including phenoxy) is 2. The molecule has 0 aromatic heterocycles. The van der Waals surface area contributed by atoms with Crippen molar-refractivity contribution in [1.29, 1.82) is 0 Å². The summed E-state index contributed by atoms with van der Waals surface area (Å²) in [5.41, 5.74) is 3.47. The van der Waals surface area contributed by atoms with Crippen molar-refractivity contribution in [1.82, 2.24) is 0 Å². The van der Waals surface area contributed by atoms with Crippen LogP contribution >= 0.6 is 0 Å². The highest BCUT2D eigenvalue weighted by Crippen LogP contribution is 2.31. The highest BCUT2D eigenvalue weighted by molar-refractivity contribution is 5.55. The highest BCUT2D eigenvalue weighted by Gasteiger charge is 2.14. The minimum Gasteiger partial charge on any atom is -0.497 e. The van der Waals surface area contributed by atoms with Gasteiger partial charge >= 0.3 is 0 Å². The van der Waals surface area contributed by atoms with E-state index < -0.39 is 0 Å². The van der Waals surface area contributed by atoms with E-state index in [9.17, 15) is 0 Å². The predicted molar refractivity (Wildman–Crippen MR) is 87.4 cm³/mol. The van der Waals surface area contributed by atoms with Gasteiger partial charge in [0.2, 0.25) is 0 Å². The quantitative estimate of drug-likeness (QED) is 0.843. The fourth-order valence-electron chi connectivity index (χ4n) is 2.47. The Labute approximate surface area is 126 Å². The molecule has 1 atom stereocenters. The van der Waals surface area contributed by atoms with E-state index >= 15 is 0 Å². The molecule has 0 heterocycles. The van der Waals surface area contributed by atoms with Gasteiger partial charge in [0, 0.05) is 11.3 Å². The van der Waals surface area contributed by atoms with Gasteiger partial charge in [0.05, 0.1) is 20.3 Å². The molecule has 0 saturated heterocycles. The van der Waals surface area contributed by atoms with Crippen molar-refractivity contribution in [2.45, 2.75) is 26.3 Å². The topological polar surface area (TPSA) is 30.5 Å². The van der Waals surface area contributed by atoms with Crippen LogP contribution in [0.4, 0.5) is 5.69 Å². The number of aryl methyl sites for hydroxylation is 1. The Hall–Kier alpha value is -2.16. The van der Waals surface area contributed by atoms with E-state index in [-0.39, 0.29) is 6.04 Å². The molecular formula is C18H23NO2. The van der Waals surface area contributed by atoms with E-state index in [1.165, 1.54) is 11.1 Å². The van der Waals surface area contributed by atoms with Gasteiger partial charge in [-0.2, -0.15) is 0 Å². The van der Waals surface area contributed by atoms with Gasteiger partial charge in [-0.15, -0.1) is 0 Å². The molecule has 112 valence electrons. The molecule has 21 heavy (non-hydrogen) atoms. The monoisotopic (exact) mass is 285 g/mol. The summed E-state index contributed by atoms with van der Waals surface area (Å²) in [6.45, 7) is 4.25. The second-order valence-electron chi connectivity index (χ2n) is 5.03. The van der Waals surface area contributed by atoms with Crippen LogP contribution in [0, 0.1) is 6.92 Å². The lowest BCUT2D eigenvalue weighted by molar-refractivity contribution is 0.406. The van der Waals surface area contributed by atoms with Crippen LogP contribution in [0.15, 0.2) is 42.5 Å². The van der Waals surface area contributed by atoms with Crippen molar-refractivity contribution in [2.24, 2.45) is 0 Å². The molecule has 2 aromatic carbocycles. The number of rotatable bonds is 6. The fraction of sp³-hybridized carbons (Fsp3) is 0.333. The van der Waals surface area contributed by atoms with Gasteiger partial charge in [-0.25, -0.2) is 0 Å². The first-order valence-electron chi connectivity index (χ1n) is 7.23. The molecule has 0 spiro atoms. The van der Waals surface area contributed by atoms with Gasteiger partial charge in [0.1, 0.15) is 11.5 Å². The summed E-state index contributed by atoms with van der Waals surface area (Å²) in [4.78, 5) is 0. The lowest BCUT2D eigenvalue weighted by Gasteiger charge is -2.22. The summed E-state index contributed by atoms with van der Waals surface area (Å²) in [6.07, 6.45) is 0.978. The SMILES string of the molecule is CCC(Nc1ccc(OC)cc1C)c1ccccc1OC. The fourth-order valence-corrected chi connectivity index (χ4v) is 2.47. The van der Waals surface area contributed by atoms with Gasteiger partial charge < -0.3 is 14.8 Å². The van der Waals surface area contributed by atoms with Crippen LogP contribution in [0.25, 0.3) is 0 Å². The van der Waals surface area contributed by atoms with Crippen LogP contribution in [0.3, 0.4) is 0 Å². The van der Waals surface area contributed by atoms with Crippen molar-refractivity contribution < 1.29 is 9.47 Å². The largest absolute Gasteiger partial charge is 0.497 e. The predicted octanol–water partition coefficient (Wildman–Crippen LogP) is 4.58. The Morgan fingerprint density at radius 3 is 2.43 bits per heavy atom. The van der Waals surface area contributed by atoms with Crippen molar-refractivity contribution in [2.75, 3.05) is 19.5 Å². The Morgan fingerprint density at radius 2 is 1.81 bits per heavy atom. The van der Waals surface area contributed by atoms with Crippen LogP contribution in [-0.4, -0.2) is 14.2 Å². The zero-order valence-corrected chi connectivity index (χ0v) is 13.1. The lowest BCUT2D eigenvalue weighted by Crippen LogP contribution is -2.11. The van der Waals surface area contributed by atoms with Crippen molar-refractivity contribution >= 4 is 5.69 Å². The molecule has 0 aliphatic rings. The maximum atomic E-state index is 5.47. The van der Waals surface area contributed by atoms with E-state index in [4.69, 9.17) is 9.47 Å². The van der Waals surface area contributed by atoms with Crippen molar-refractivity contribution in [3.05, 3.63) is 53.6 Å². The van der Waals surface area contributed by atoms with Gasteiger partial charge in [0.25, 0.3) is 0 Å². The zero-order valence-electron chi connectivity index (χ0n) is 13.1. The minimum absolute atomic E-state index is 0.216. The Morgan fingerprint density at radius 1 is 1.05 bits per heavy atom. The lowest BCUT2D eigenvalue weighted by atomic mass is 10.0. The summed E-state index contributed by atoms with van der Waals surface area (Å²) in [5, 5.41) is 3.60. The smallest absolute Gasteiger partial charge is 0.124 e. The normalized spacial score (nSPS) is 11.8. The number of hydrogen-bond donors (Lipinski definition) is 1. The number of nitrogens with one attached hydrogen (secondary N) is 1. The minimum atomic E-state index is 0.216. The van der Waals surface area contributed by atoms with E-state index in [2.05, 4.69) is 31.3 Å². The molecule has 0 bridgehead atoms. The third-order valence-corrected chi connectivity index (χ3v) is 3.69. The van der Waals surface area contributed by atoms with Crippen molar-refractivity contribution in [3.8, 4) is 11.5 Å². The average Bonchev–Trinajstić information content (AvgIpc) is 2.53. The second-order valence-corrected chi connectivity index (χ2v) is 5.03. The van der Waals surface area contributed by atoms with Crippen LogP contribution in [-0.2, 0) is 0 Å². The number of para-hydroxylation sites is 1. The van der Waals surface area contributed by atoms with E-state index in [1.54, 1.807) is 14.2 Å². The third-order valence-electron chi connectivity index (χ3n) is 3.69. The molecule has 2 rings (SSSR count). The molecule has 0 amide bonds. The Balaban J connectivity index is 2.27. The van der Waals surface area contributed by atoms with E-state index in [0.29, 0.717) is 0 Å². The molecule has 0 radical (unpaired) electrons. The third kappa shape index (κ3) is 3.48. The average molecular weight is 285 g/mol. The van der Waals surface area contributed by atoms with E-state index in [1.807, 2.05) is 30.3 Å².